The van der Waals surface area contributed by atoms with E-state index in [2.05, 4.69) is 10.1 Å². The number of nitrogens with two attached hydrogens (primary N) is 1. The maximum atomic E-state index is 11.5. The van der Waals surface area contributed by atoms with Gasteiger partial charge in [-0.2, -0.15) is 5.10 Å². The van der Waals surface area contributed by atoms with Crippen LogP contribution in [0.1, 0.15) is 17.3 Å². The molecule has 0 bridgehead atoms. The average molecular weight is 216 g/mol. The first kappa shape index (κ1) is 10.4. The number of carbonyl (C=O) groups excluding carboxylic acids is 1. The van der Waals surface area contributed by atoms with Crippen LogP contribution in [0.25, 0.3) is 11.4 Å². The van der Waals surface area contributed by atoms with E-state index in [1.54, 1.807) is 36.3 Å². The largest absolute Gasteiger partial charge is 0.398 e. The number of hydrogen-bond donors (Lipinski definition) is 1. The number of nitrogen functional groups attached to an aromatic ring is 1. The summed E-state index contributed by atoms with van der Waals surface area (Å²) in [5, 5.41) is 4.16. The van der Waals surface area contributed by atoms with E-state index in [-0.39, 0.29) is 5.78 Å². The number of benzene rings is 1. The lowest BCUT2D eigenvalue weighted by Gasteiger charge is -2.06. The molecule has 1 aromatic carbocycles. The van der Waals surface area contributed by atoms with Crippen LogP contribution in [-0.4, -0.2) is 20.5 Å². The second kappa shape index (κ2) is 3.77. The molecule has 0 aliphatic heterocycles. The smallest absolute Gasteiger partial charge is 0.181 e. The molecule has 5 heteroatoms. The summed E-state index contributed by atoms with van der Waals surface area (Å²) in [6, 6.07) is 5.28. The van der Waals surface area contributed by atoms with Crippen molar-refractivity contribution in [2.45, 2.75) is 6.92 Å². The zero-order chi connectivity index (χ0) is 11.7. The van der Waals surface area contributed by atoms with Crippen LogP contribution in [0.4, 0.5) is 5.69 Å². The molecule has 82 valence electrons. The van der Waals surface area contributed by atoms with Gasteiger partial charge in [0.2, 0.25) is 0 Å². The SMILES string of the molecule is CC(=O)c1c(N)cccc1-c1ncn(C)n1. The maximum Gasteiger partial charge on any atom is 0.181 e. The van der Waals surface area contributed by atoms with Crippen molar-refractivity contribution in [3.05, 3.63) is 30.1 Å². The van der Waals surface area contributed by atoms with E-state index in [1.165, 1.54) is 6.92 Å². The molecule has 0 amide bonds. The summed E-state index contributed by atoms with van der Waals surface area (Å²) >= 11 is 0. The average Bonchev–Trinajstić information content (AvgIpc) is 2.63. The Bertz CT molecular complexity index is 545. The highest BCUT2D eigenvalue weighted by Crippen LogP contribution is 2.25. The van der Waals surface area contributed by atoms with E-state index in [9.17, 15) is 4.79 Å². The van der Waals surface area contributed by atoms with Crippen LogP contribution in [0.3, 0.4) is 0 Å². The Kier molecular flexibility index (Phi) is 2.44. The lowest BCUT2D eigenvalue weighted by atomic mass is 10.0. The second-order valence-corrected chi connectivity index (χ2v) is 3.57. The third kappa shape index (κ3) is 1.67. The summed E-state index contributed by atoms with van der Waals surface area (Å²) in [4.78, 5) is 15.6. The topological polar surface area (TPSA) is 73.8 Å². The highest BCUT2D eigenvalue weighted by Gasteiger charge is 2.14. The summed E-state index contributed by atoms with van der Waals surface area (Å²) in [7, 11) is 1.77. The minimum atomic E-state index is -0.0828. The van der Waals surface area contributed by atoms with Crippen molar-refractivity contribution in [2.24, 2.45) is 7.05 Å². The van der Waals surface area contributed by atoms with E-state index in [0.29, 0.717) is 22.6 Å². The highest BCUT2D eigenvalue weighted by atomic mass is 16.1. The fourth-order valence-corrected chi connectivity index (χ4v) is 1.61. The normalized spacial score (nSPS) is 10.4. The van der Waals surface area contributed by atoms with Crippen molar-refractivity contribution in [1.82, 2.24) is 14.8 Å². The van der Waals surface area contributed by atoms with Gasteiger partial charge < -0.3 is 5.73 Å². The summed E-state index contributed by atoms with van der Waals surface area (Å²) in [5.41, 5.74) is 7.39. The fourth-order valence-electron chi connectivity index (χ4n) is 1.61. The fraction of sp³-hybridized carbons (Fsp3) is 0.182. The number of rotatable bonds is 2. The molecular weight excluding hydrogens is 204 g/mol. The number of carbonyl (C=O) groups is 1. The van der Waals surface area contributed by atoms with Crippen molar-refractivity contribution in [1.29, 1.82) is 0 Å². The number of Topliss-reactive ketones (excluding diaryl/α,β-unsaturated/α-hetero) is 1. The van der Waals surface area contributed by atoms with Gasteiger partial charge in [0.15, 0.2) is 11.6 Å². The van der Waals surface area contributed by atoms with Gasteiger partial charge in [-0.15, -0.1) is 0 Å². The first-order chi connectivity index (χ1) is 7.59. The Labute approximate surface area is 92.9 Å². The van der Waals surface area contributed by atoms with Crippen LogP contribution in [0.5, 0.6) is 0 Å². The summed E-state index contributed by atoms with van der Waals surface area (Å²) in [5.74, 6) is 0.431. The lowest BCUT2D eigenvalue weighted by molar-refractivity contribution is 0.101. The van der Waals surface area contributed by atoms with Crippen molar-refractivity contribution >= 4 is 11.5 Å². The molecule has 1 aromatic heterocycles. The van der Waals surface area contributed by atoms with Crippen molar-refractivity contribution in [2.75, 3.05) is 5.73 Å². The van der Waals surface area contributed by atoms with Gasteiger partial charge in [0.05, 0.1) is 5.56 Å². The molecule has 2 N–H and O–H groups in total. The second-order valence-electron chi connectivity index (χ2n) is 3.57. The van der Waals surface area contributed by atoms with E-state index in [0.717, 1.165) is 0 Å². The number of aryl methyl sites for hydroxylation is 1. The molecule has 0 saturated heterocycles. The molecule has 1 heterocycles. The molecule has 0 radical (unpaired) electrons. The molecule has 0 unspecified atom stereocenters. The Morgan fingerprint density at radius 2 is 2.19 bits per heavy atom. The Balaban J connectivity index is 2.65. The molecular formula is C11H12N4O. The Hall–Kier alpha value is -2.17. The number of ketones is 1. The molecule has 0 saturated carbocycles. The van der Waals surface area contributed by atoms with Gasteiger partial charge >= 0.3 is 0 Å². The monoisotopic (exact) mass is 216 g/mol. The van der Waals surface area contributed by atoms with Gasteiger partial charge in [-0.1, -0.05) is 12.1 Å². The van der Waals surface area contributed by atoms with Crippen LogP contribution < -0.4 is 5.73 Å². The van der Waals surface area contributed by atoms with Crippen LogP contribution >= 0.6 is 0 Å². The molecule has 5 nitrogen and oxygen atoms in total. The van der Waals surface area contributed by atoms with Gasteiger partial charge in [0.1, 0.15) is 6.33 Å². The first-order valence-electron chi connectivity index (χ1n) is 4.85. The summed E-state index contributed by atoms with van der Waals surface area (Å²) in [6.07, 6.45) is 1.59. The van der Waals surface area contributed by atoms with Gasteiger partial charge in [0, 0.05) is 18.3 Å². The van der Waals surface area contributed by atoms with Gasteiger partial charge in [-0.3, -0.25) is 9.48 Å². The zero-order valence-electron chi connectivity index (χ0n) is 9.14. The predicted octanol–water partition coefficient (Wildman–Crippen LogP) is 1.27. The van der Waals surface area contributed by atoms with Crippen LogP contribution in [-0.2, 0) is 7.05 Å². The zero-order valence-corrected chi connectivity index (χ0v) is 9.14. The van der Waals surface area contributed by atoms with Crippen molar-refractivity contribution in [3.63, 3.8) is 0 Å². The molecule has 0 fully saturated rings. The standard InChI is InChI=1S/C11H12N4O/c1-7(16)10-8(4-3-5-9(10)12)11-13-6-15(2)14-11/h3-6H,12H2,1-2H3. The van der Waals surface area contributed by atoms with Crippen LogP contribution in [0.2, 0.25) is 0 Å². The minimum Gasteiger partial charge on any atom is -0.398 e. The van der Waals surface area contributed by atoms with Crippen LogP contribution in [0.15, 0.2) is 24.5 Å². The van der Waals surface area contributed by atoms with E-state index >= 15 is 0 Å². The van der Waals surface area contributed by atoms with E-state index < -0.39 is 0 Å². The van der Waals surface area contributed by atoms with Crippen molar-refractivity contribution < 1.29 is 4.79 Å². The number of aromatic nitrogens is 3. The molecule has 0 atom stereocenters. The number of nitrogens with zero attached hydrogens (tertiary/aromatic N) is 3. The molecule has 0 aliphatic carbocycles. The van der Waals surface area contributed by atoms with Crippen molar-refractivity contribution in [3.8, 4) is 11.4 Å². The molecule has 2 rings (SSSR count). The molecule has 16 heavy (non-hydrogen) atoms. The Morgan fingerprint density at radius 1 is 1.44 bits per heavy atom. The summed E-state index contributed by atoms with van der Waals surface area (Å²) in [6.45, 7) is 1.48. The predicted molar refractivity (Wildman–Crippen MR) is 60.9 cm³/mol. The maximum absolute atomic E-state index is 11.5. The third-order valence-electron chi connectivity index (χ3n) is 2.29. The van der Waals surface area contributed by atoms with E-state index in [4.69, 9.17) is 5.73 Å². The Morgan fingerprint density at radius 3 is 2.75 bits per heavy atom. The van der Waals surface area contributed by atoms with E-state index in [1.807, 2.05) is 0 Å². The quantitative estimate of drug-likeness (QED) is 0.606. The van der Waals surface area contributed by atoms with Gasteiger partial charge in [-0.25, -0.2) is 4.98 Å². The minimum absolute atomic E-state index is 0.0828. The van der Waals surface area contributed by atoms with Gasteiger partial charge in [-0.05, 0) is 13.0 Å². The molecule has 0 aliphatic rings. The third-order valence-corrected chi connectivity index (χ3v) is 2.29. The number of anilines is 1. The first-order valence-corrected chi connectivity index (χ1v) is 4.85. The molecule has 0 spiro atoms. The highest BCUT2D eigenvalue weighted by molar-refractivity contribution is 6.04. The molecule has 2 aromatic rings. The summed E-state index contributed by atoms with van der Waals surface area (Å²) < 4.78 is 1.59. The lowest BCUT2D eigenvalue weighted by Crippen LogP contribution is -2.03. The number of hydrogen-bond acceptors (Lipinski definition) is 4. The van der Waals surface area contributed by atoms with Gasteiger partial charge in [0.25, 0.3) is 0 Å². The van der Waals surface area contributed by atoms with Crippen LogP contribution in [0, 0.1) is 0 Å².